The fraction of sp³-hybridized carbons (Fsp3) is 0.333. The molecule has 0 atom stereocenters. The summed E-state index contributed by atoms with van der Waals surface area (Å²) in [5, 5.41) is 11.3. The van der Waals surface area contributed by atoms with Crippen LogP contribution in [0.5, 0.6) is 0 Å². The van der Waals surface area contributed by atoms with Gasteiger partial charge in [-0.25, -0.2) is 0 Å². The topological polar surface area (TPSA) is 50.1 Å². The third-order valence-corrected chi connectivity index (χ3v) is 3.38. The molecular formula is C15H18ClN3OS. The van der Waals surface area contributed by atoms with Gasteiger partial charge in [0.1, 0.15) is 0 Å². The summed E-state index contributed by atoms with van der Waals surface area (Å²) in [6, 6.07) is 9.45. The Morgan fingerprint density at radius 2 is 1.95 bits per heavy atom. The zero-order valence-corrected chi connectivity index (χ0v) is 13.8. The number of hydrogen-bond donors (Lipinski definition) is 2. The van der Waals surface area contributed by atoms with Gasteiger partial charge >= 0.3 is 0 Å². The van der Waals surface area contributed by atoms with E-state index in [1.54, 1.807) is 0 Å². The van der Waals surface area contributed by atoms with Gasteiger partial charge in [-0.1, -0.05) is 49.7 Å². The smallest absolute Gasteiger partial charge is 0.231 e. The summed E-state index contributed by atoms with van der Waals surface area (Å²) in [5.74, 6) is 0.536. The summed E-state index contributed by atoms with van der Waals surface area (Å²) in [5.41, 5.74) is 1.92. The van der Waals surface area contributed by atoms with Crippen LogP contribution in [0.3, 0.4) is 0 Å². The van der Waals surface area contributed by atoms with Crippen LogP contribution in [0.2, 0.25) is 5.02 Å². The first-order valence-corrected chi connectivity index (χ1v) is 7.40. The predicted octanol–water partition coefficient (Wildman–Crippen LogP) is 4.11. The number of benzene rings is 1. The van der Waals surface area contributed by atoms with Crippen LogP contribution in [0, 0.1) is 0 Å². The molecule has 112 valence electrons. The minimum absolute atomic E-state index is 0.0538. The van der Waals surface area contributed by atoms with E-state index in [0.717, 1.165) is 16.3 Å². The summed E-state index contributed by atoms with van der Waals surface area (Å²) in [6.45, 7) is 6.84. The molecule has 2 aromatic rings. The molecule has 0 radical (unpaired) electrons. The van der Waals surface area contributed by atoms with E-state index < -0.39 is 0 Å². The molecule has 0 aliphatic carbocycles. The molecule has 21 heavy (non-hydrogen) atoms. The van der Waals surface area contributed by atoms with Gasteiger partial charge in [0, 0.05) is 23.0 Å². The Morgan fingerprint density at radius 1 is 1.29 bits per heavy atom. The minimum atomic E-state index is -0.0538. The summed E-state index contributed by atoms with van der Waals surface area (Å²) in [7, 11) is 0. The second-order valence-corrected chi connectivity index (χ2v) is 6.61. The van der Waals surface area contributed by atoms with Crippen molar-refractivity contribution in [2.24, 2.45) is 0 Å². The summed E-state index contributed by atoms with van der Waals surface area (Å²) in [6.07, 6.45) is 0. The van der Waals surface area contributed by atoms with Crippen molar-refractivity contribution in [3.05, 3.63) is 46.6 Å². The van der Waals surface area contributed by atoms with Crippen molar-refractivity contribution >= 4 is 34.8 Å². The highest BCUT2D eigenvalue weighted by Crippen LogP contribution is 2.23. The third-order valence-electron chi connectivity index (χ3n) is 2.88. The van der Waals surface area contributed by atoms with Crippen molar-refractivity contribution in [2.75, 3.05) is 5.32 Å². The average molecular weight is 324 g/mol. The van der Waals surface area contributed by atoms with E-state index in [2.05, 4.69) is 36.6 Å². The molecule has 0 spiro atoms. The Balaban J connectivity index is 1.87. The van der Waals surface area contributed by atoms with E-state index in [-0.39, 0.29) is 5.41 Å². The number of thiocarbonyl (C=S) groups is 1. The molecule has 0 aliphatic rings. The number of anilines is 1. The van der Waals surface area contributed by atoms with Gasteiger partial charge in [-0.15, -0.1) is 0 Å². The van der Waals surface area contributed by atoms with Crippen LogP contribution in [-0.2, 0) is 12.0 Å². The zero-order valence-electron chi connectivity index (χ0n) is 12.2. The first kappa shape index (κ1) is 15.8. The Bertz CT molecular complexity index is 617. The van der Waals surface area contributed by atoms with E-state index in [1.807, 2.05) is 30.3 Å². The van der Waals surface area contributed by atoms with E-state index in [9.17, 15) is 0 Å². The molecular weight excluding hydrogens is 306 g/mol. The average Bonchev–Trinajstić information content (AvgIpc) is 2.86. The number of nitrogens with zero attached hydrogens (tertiary/aromatic N) is 1. The first-order valence-electron chi connectivity index (χ1n) is 6.61. The highest BCUT2D eigenvalue weighted by molar-refractivity contribution is 7.80. The molecule has 4 nitrogen and oxygen atoms in total. The molecule has 0 saturated carbocycles. The largest absolute Gasteiger partial charge is 0.358 e. The van der Waals surface area contributed by atoms with Gasteiger partial charge in [-0.05, 0) is 29.9 Å². The Labute approximate surface area is 134 Å². The first-order chi connectivity index (χ1) is 9.84. The second-order valence-electron chi connectivity index (χ2n) is 5.76. The maximum atomic E-state index is 5.84. The number of nitrogens with one attached hydrogen (secondary N) is 2. The van der Waals surface area contributed by atoms with E-state index in [4.69, 9.17) is 28.3 Å². The van der Waals surface area contributed by atoms with Crippen molar-refractivity contribution in [3.8, 4) is 0 Å². The lowest BCUT2D eigenvalue weighted by Crippen LogP contribution is -2.27. The van der Waals surface area contributed by atoms with Crippen LogP contribution in [0.4, 0.5) is 5.88 Å². The van der Waals surface area contributed by atoms with Crippen molar-refractivity contribution in [1.29, 1.82) is 0 Å². The molecule has 0 saturated heterocycles. The standard InChI is InChI=1S/C15H18ClN3OS/c1-15(2,3)12-8-13(20-19-12)18-14(21)17-9-10-4-6-11(16)7-5-10/h4-8H,9H2,1-3H3,(H2,17,18,21). The zero-order chi connectivity index (χ0) is 15.5. The predicted molar refractivity (Wildman–Crippen MR) is 89.7 cm³/mol. The van der Waals surface area contributed by atoms with Gasteiger partial charge in [0.2, 0.25) is 5.88 Å². The molecule has 1 heterocycles. The SMILES string of the molecule is CC(C)(C)c1cc(NC(=S)NCc2ccc(Cl)cc2)on1. The van der Waals surface area contributed by atoms with E-state index in [0.29, 0.717) is 17.5 Å². The maximum absolute atomic E-state index is 5.84. The second kappa shape index (κ2) is 6.45. The number of halogens is 1. The van der Waals surface area contributed by atoms with Crippen molar-refractivity contribution < 1.29 is 4.52 Å². The van der Waals surface area contributed by atoms with Crippen molar-refractivity contribution in [2.45, 2.75) is 32.7 Å². The normalized spacial score (nSPS) is 11.2. The van der Waals surface area contributed by atoms with Gasteiger partial charge in [-0.2, -0.15) is 0 Å². The molecule has 0 aliphatic heterocycles. The molecule has 1 aromatic heterocycles. The quantitative estimate of drug-likeness (QED) is 0.832. The summed E-state index contributed by atoms with van der Waals surface area (Å²) in [4.78, 5) is 0. The molecule has 0 unspecified atom stereocenters. The Hall–Kier alpha value is -1.59. The molecule has 0 bridgehead atoms. The highest BCUT2D eigenvalue weighted by atomic mass is 35.5. The molecule has 1 aromatic carbocycles. The van der Waals surface area contributed by atoms with Crippen LogP contribution in [0.25, 0.3) is 0 Å². The third kappa shape index (κ3) is 4.72. The molecule has 2 N–H and O–H groups in total. The van der Waals surface area contributed by atoms with E-state index >= 15 is 0 Å². The molecule has 0 amide bonds. The minimum Gasteiger partial charge on any atom is -0.358 e. The fourth-order valence-corrected chi connectivity index (χ4v) is 1.93. The lowest BCUT2D eigenvalue weighted by atomic mass is 9.92. The Morgan fingerprint density at radius 3 is 2.52 bits per heavy atom. The van der Waals surface area contributed by atoms with Crippen LogP contribution in [0.1, 0.15) is 32.0 Å². The van der Waals surface area contributed by atoms with Crippen LogP contribution in [-0.4, -0.2) is 10.3 Å². The number of aromatic nitrogens is 1. The highest BCUT2D eigenvalue weighted by Gasteiger charge is 2.19. The fourth-order valence-electron chi connectivity index (χ4n) is 1.63. The maximum Gasteiger partial charge on any atom is 0.231 e. The van der Waals surface area contributed by atoms with E-state index in [1.165, 1.54) is 0 Å². The van der Waals surface area contributed by atoms with Crippen molar-refractivity contribution in [1.82, 2.24) is 10.5 Å². The van der Waals surface area contributed by atoms with Gasteiger partial charge < -0.3 is 15.2 Å². The van der Waals surface area contributed by atoms with Gasteiger partial charge in [0.25, 0.3) is 0 Å². The van der Waals surface area contributed by atoms with Gasteiger partial charge in [0.05, 0.1) is 5.69 Å². The lowest BCUT2D eigenvalue weighted by Gasteiger charge is -2.12. The number of hydrogen-bond acceptors (Lipinski definition) is 3. The van der Waals surface area contributed by atoms with Gasteiger partial charge in [0.15, 0.2) is 5.11 Å². The molecule has 0 fully saturated rings. The summed E-state index contributed by atoms with van der Waals surface area (Å²) >= 11 is 11.1. The van der Waals surface area contributed by atoms with Crippen LogP contribution >= 0.6 is 23.8 Å². The summed E-state index contributed by atoms with van der Waals surface area (Å²) < 4.78 is 5.22. The van der Waals surface area contributed by atoms with Crippen molar-refractivity contribution in [3.63, 3.8) is 0 Å². The monoisotopic (exact) mass is 323 g/mol. The Kier molecular flexibility index (Phi) is 4.85. The lowest BCUT2D eigenvalue weighted by molar-refractivity contribution is 0.405. The molecule has 6 heteroatoms. The van der Waals surface area contributed by atoms with Crippen LogP contribution < -0.4 is 10.6 Å². The van der Waals surface area contributed by atoms with Crippen LogP contribution in [0.15, 0.2) is 34.9 Å². The van der Waals surface area contributed by atoms with Gasteiger partial charge in [-0.3, -0.25) is 0 Å². The molecule has 2 rings (SSSR count). The number of rotatable bonds is 3.